The van der Waals surface area contributed by atoms with Crippen molar-refractivity contribution in [3.8, 4) is 33.5 Å². The van der Waals surface area contributed by atoms with E-state index in [0.29, 0.717) is 17.3 Å². The predicted octanol–water partition coefficient (Wildman–Crippen LogP) is 3.85. The molecule has 0 atom stereocenters. The topological polar surface area (TPSA) is 61.5 Å². The predicted molar refractivity (Wildman–Crippen MR) is 97.4 cm³/mol. The second kappa shape index (κ2) is 6.18. The van der Waals surface area contributed by atoms with E-state index >= 15 is 0 Å². The van der Waals surface area contributed by atoms with Crippen LogP contribution in [0.4, 0.5) is 0 Å². The highest BCUT2D eigenvalue weighted by molar-refractivity contribution is 7.19. The summed E-state index contributed by atoms with van der Waals surface area (Å²) in [6.07, 6.45) is 0. The first-order chi connectivity index (χ1) is 12.2. The highest BCUT2D eigenvalue weighted by atomic mass is 32.1. The van der Waals surface area contributed by atoms with E-state index in [1.54, 1.807) is 18.7 Å². The summed E-state index contributed by atoms with van der Waals surface area (Å²) in [6.45, 7) is 2.07. The van der Waals surface area contributed by atoms with Crippen molar-refractivity contribution in [1.29, 1.82) is 0 Å². The highest BCUT2D eigenvalue weighted by Crippen LogP contribution is 2.33. The monoisotopic (exact) mass is 352 g/mol. The van der Waals surface area contributed by atoms with Crippen molar-refractivity contribution in [2.45, 2.75) is 6.92 Å². The summed E-state index contributed by atoms with van der Waals surface area (Å²) in [5.74, 6) is 1.99. The maximum Gasteiger partial charge on any atom is 0.235 e. The van der Waals surface area contributed by atoms with E-state index in [1.165, 1.54) is 16.9 Å². The van der Waals surface area contributed by atoms with Crippen LogP contribution in [0.2, 0.25) is 0 Å². The van der Waals surface area contributed by atoms with E-state index in [2.05, 4.69) is 46.5 Å². The van der Waals surface area contributed by atoms with Gasteiger partial charge >= 0.3 is 0 Å². The van der Waals surface area contributed by atoms with Crippen LogP contribution in [-0.2, 0) is 0 Å². The average Bonchev–Trinajstić information content (AvgIpc) is 3.22. The summed E-state index contributed by atoms with van der Waals surface area (Å²) >= 11 is 1.51. The van der Waals surface area contributed by atoms with Gasteiger partial charge in [0.25, 0.3) is 0 Å². The van der Waals surface area contributed by atoms with Gasteiger partial charge in [-0.2, -0.15) is 9.61 Å². The lowest BCUT2D eigenvalue weighted by molar-refractivity contribution is 0.355. The van der Waals surface area contributed by atoms with Gasteiger partial charge in [0.05, 0.1) is 14.2 Å². The quantitative estimate of drug-likeness (QED) is 0.558. The number of aryl methyl sites for hydroxylation is 1. The number of nitrogens with zero attached hydrogens (tertiary/aromatic N) is 4. The molecule has 6 nitrogen and oxygen atoms in total. The summed E-state index contributed by atoms with van der Waals surface area (Å²) < 4.78 is 12.4. The molecule has 0 N–H and O–H groups in total. The lowest BCUT2D eigenvalue weighted by Crippen LogP contribution is -1.94. The summed E-state index contributed by atoms with van der Waals surface area (Å²) in [4.78, 5) is 0.750. The number of methoxy groups -OCH3 is 2. The molecule has 2 heterocycles. The molecule has 0 fully saturated rings. The number of hydrogen-bond donors (Lipinski definition) is 0. The number of fused-ring (bicyclic) bond motifs is 1. The molecule has 0 unspecified atom stereocenters. The van der Waals surface area contributed by atoms with Crippen LogP contribution in [0.5, 0.6) is 11.5 Å². The Bertz CT molecular complexity index is 1040. The molecule has 7 heteroatoms. The molecule has 0 amide bonds. The standard InChI is InChI=1S/C18H16N4O2S/c1-11-4-6-12(7-5-11)17-21-22-16(19-20-18(22)25-17)13-8-9-14(23-2)15(10-13)24-3/h4-10H,1-3H3. The molecular weight excluding hydrogens is 336 g/mol. The minimum absolute atomic E-state index is 0.644. The molecule has 25 heavy (non-hydrogen) atoms. The van der Waals surface area contributed by atoms with Crippen molar-refractivity contribution < 1.29 is 9.47 Å². The highest BCUT2D eigenvalue weighted by Gasteiger charge is 2.16. The summed E-state index contributed by atoms with van der Waals surface area (Å²) in [5, 5.41) is 14.1. The van der Waals surface area contributed by atoms with Gasteiger partial charge in [-0.05, 0) is 25.1 Å². The Kier molecular flexibility index (Phi) is 3.85. The zero-order valence-electron chi connectivity index (χ0n) is 14.1. The Morgan fingerprint density at radius 2 is 1.60 bits per heavy atom. The molecular formula is C18H16N4O2S. The smallest absolute Gasteiger partial charge is 0.235 e. The average molecular weight is 352 g/mol. The van der Waals surface area contributed by atoms with Crippen molar-refractivity contribution in [1.82, 2.24) is 19.8 Å². The molecule has 4 rings (SSSR count). The molecule has 0 bridgehead atoms. The fourth-order valence-corrected chi connectivity index (χ4v) is 3.43. The third-order valence-corrected chi connectivity index (χ3v) is 4.88. The third kappa shape index (κ3) is 2.72. The van der Waals surface area contributed by atoms with Gasteiger partial charge in [0.15, 0.2) is 17.3 Å². The van der Waals surface area contributed by atoms with Gasteiger partial charge in [0, 0.05) is 11.1 Å². The van der Waals surface area contributed by atoms with E-state index < -0.39 is 0 Å². The summed E-state index contributed by atoms with van der Waals surface area (Å²) in [5.41, 5.74) is 3.16. The maximum absolute atomic E-state index is 5.37. The molecule has 2 aromatic carbocycles. The van der Waals surface area contributed by atoms with Gasteiger partial charge in [-0.1, -0.05) is 41.2 Å². The normalized spacial score (nSPS) is 11.0. The van der Waals surface area contributed by atoms with Crippen molar-refractivity contribution in [2.24, 2.45) is 0 Å². The Morgan fingerprint density at radius 3 is 2.32 bits per heavy atom. The van der Waals surface area contributed by atoms with Crippen LogP contribution in [-0.4, -0.2) is 34.0 Å². The maximum atomic E-state index is 5.37. The molecule has 0 aliphatic rings. The number of benzene rings is 2. The van der Waals surface area contributed by atoms with Gasteiger partial charge in [0.1, 0.15) is 5.01 Å². The lowest BCUT2D eigenvalue weighted by Gasteiger charge is -2.08. The minimum Gasteiger partial charge on any atom is -0.493 e. The van der Waals surface area contributed by atoms with Crippen LogP contribution in [0, 0.1) is 6.92 Å². The number of hydrogen-bond acceptors (Lipinski definition) is 6. The second-order valence-electron chi connectivity index (χ2n) is 5.56. The van der Waals surface area contributed by atoms with E-state index in [-0.39, 0.29) is 0 Å². The van der Waals surface area contributed by atoms with Crippen molar-refractivity contribution >= 4 is 16.3 Å². The van der Waals surface area contributed by atoms with Crippen molar-refractivity contribution in [2.75, 3.05) is 14.2 Å². The molecule has 0 aliphatic carbocycles. The van der Waals surface area contributed by atoms with Gasteiger partial charge < -0.3 is 9.47 Å². The number of rotatable bonds is 4. The van der Waals surface area contributed by atoms with Gasteiger partial charge in [0.2, 0.25) is 4.96 Å². The second-order valence-corrected chi connectivity index (χ2v) is 6.52. The van der Waals surface area contributed by atoms with Crippen LogP contribution in [0.3, 0.4) is 0 Å². The van der Waals surface area contributed by atoms with Crippen LogP contribution in [0.15, 0.2) is 42.5 Å². The van der Waals surface area contributed by atoms with E-state index in [9.17, 15) is 0 Å². The molecule has 0 saturated carbocycles. The van der Waals surface area contributed by atoms with E-state index in [0.717, 1.165) is 21.1 Å². The van der Waals surface area contributed by atoms with E-state index in [4.69, 9.17) is 9.47 Å². The third-order valence-electron chi connectivity index (χ3n) is 3.93. The molecule has 4 aromatic rings. The van der Waals surface area contributed by atoms with Crippen LogP contribution >= 0.6 is 11.3 Å². The first-order valence-electron chi connectivity index (χ1n) is 7.71. The molecule has 0 saturated heterocycles. The summed E-state index contributed by atoms with van der Waals surface area (Å²) in [7, 11) is 3.22. The van der Waals surface area contributed by atoms with Crippen LogP contribution < -0.4 is 9.47 Å². The fourth-order valence-electron chi connectivity index (χ4n) is 2.59. The van der Waals surface area contributed by atoms with E-state index in [1.807, 2.05) is 18.2 Å². The first kappa shape index (κ1) is 15.6. The zero-order valence-corrected chi connectivity index (χ0v) is 14.9. The van der Waals surface area contributed by atoms with Crippen molar-refractivity contribution in [3.05, 3.63) is 48.0 Å². The Morgan fingerprint density at radius 1 is 0.880 bits per heavy atom. The minimum atomic E-state index is 0.644. The molecule has 126 valence electrons. The summed E-state index contributed by atoms with van der Waals surface area (Å²) in [6, 6.07) is 13.9. The Hall–Kier alpha value is -2.93. The fraction of sp³-hybridized carbons (Fsp3) is 0.167. The van der Waals surface area contributed by atoms with Crippen LogP contribution in [0.25, 0.3) is 26.9 Å². The lowest BCUT2D eigenvalue weighted by atomic mass is 10.2. The van der Waals surface area contributed by atoms with Crippen molar-refractivity contribution in [3.63, 3.8) is 0 Å². The van der Waals surface area contributed by atoms with Crippen LogP contribution in [0.1, 0.15) is 5.56 Å². The number of aromatic nitrogens is 4. The zero-order chi connectivity index (χ0) is 17.4. The van der Waals surface area contributed by atoms with Gasteiger partial charge in [-0.25, -0.2) is 0 Å². The largest absolute Gasteiger partial charge is 0.493 e. The molecule has 0 radical (unpaired) electrons. The first-order valence-corrected chi connectivity index (χ1v) is 8.53. The Labute approximate surface area is 148 Å². The Balaban J connectivity index is 1.80. The van der Waals surface area contributed by atoms with Gasteiger partial charge in [-0.3, -0.25) is 0 Å². The molecule has 0 spiro atoms. The van der Waals surface area contributed by atoms with Gasteiger partial charge in [-0.15, -0.1) is 10.2 Å². The molecule has 2 aromatic heterocycles. The SMILES string of the molecule is COc1ccc(-c2nnc3sc(-c4ccc(C)cc4)nn23)cc1OC. The number of ether oxygens (including phenoxy) is 2. The molecule has 0 aliphatic heterocycles.